The largest absolute Gasteiger partial charge is 0.348 e. The molecule has 25 heavy (non-hydrogen) atoms. The maximum absolute atomic E-state index is 12.4. The van der Waals surface area contributed by atoms with Gasteiger partial charge in [-0.1, -0.05) is 30.3 Å². The van der Waals surface area contributed by atoms with Crippen LogP contribution in [-0.4, -0.2) is 49.6 Å². The van der Waals surface area contributed by atoms with Gasteiger partial charge in [-0.15, -0.1) is 0 Å². The molecule has 1 aromatic rings. The molecular weight excluding hydrogens is 316 g/mol. The number of carbonyl (C=O) groups is 1. The molecule has 2 amide bonds. The fourth-order valence-electron chi connectivity index (χ4n) is 4.28. The van der Waals surface area contributed by atoms with Crippen LogP contribution in [0.25, 0.3) is 0 Å². The van der Waals surface area contributed by atoms with Gasteiger partial charge in [-0.25, -0.2) is 4.79 Å². The number of piperidine rings is 1. The molecule has 2 saturated heterocycles. The van der Waals surface area contributed by atoms with Gasteiger partial charge < -0.3 is 19.7 Å². The number of hydrogen-bond acceptors (Lipinski definition) is 3. The highest BCUT2D eigenvalue weighted by molar-refractivity contribution is 5.74. The molecule has 2 aliphatic heterocycles. The molecule has 1 saturated carbocycles. The predicted molar refractivity (Wildman–Crippen MR) is 95.3 cm³/mol. The molecule has 0 bridgehead atoms. The standard InChI is InChI=1S/C20H28N2O3/c1-20(24-11-12-25-20)17-7-9-22(10-8-17)19(23)21-14-16-13-18(16)15-5-3-2-4-6-15/h2-6,16-18H,7-14H2,1H3,(H,21,23)/t16-,18-/m0/s1. The minimum absolute atomic E-state index is 0.0792. The minimum atomic E-state index is -0.445. The second kappa shape index (κ2) is 6.96. The van der Waals surface area contributed by atoms with Gasteiger partial charge >= 0.3 is 6.03 Å². The smallest absolute Gasteiger partial charge is 0.317 e. The van der Waals surface area contributed by atoms with Crippen molar-refractivity contribution in [2.45, 2.75) is 37.9 Å². The fraction of sp³-hybridized carbons (Fsp3) is 0.650. The lowest BCUT2D eigenvalue weighted by Crippen LogP contribution is -2.49. The average molecular weight is 344 g/mol. The Labute approximate surface area is 149 Å². The molecule has 5 nitrogen and oxygen atoms in total. The van der Waals surface area contributed by atoms with E-state index in [2.05, 4.69) is 29.6 Å². The second-order valence-corrected chi connectivity index (χ2v) is 7.67. The first-order valence-electron chi connectivity index (χ1n) is 9.51. The zero-order valence-corrected chi connectivity index (χ0v) is 14.9. The first kappa shape index (κ1) is 16.9. The van der Waals surface area contributed by atoms with E-state index in [9.17, 15) is 4.79 Å². The van der Waals surface area contributed by atoms with Gasteiger partial charge in [-0.3, -0.25) is 0 Å². The lowest BCUT2D eigenvalue weighted by Gasteiger charge is -2.39. The van der Waals surface area contributed by atoms with Gasteiger partial charge in [-0.05, 0) is 43.6 Å². The molecule has 2 heterocycles. The summed E-state index contributed by atoms with van der Waals surface area (Å²) in [5.74, 6) is 1.14. The SMILES string of the molecule is CC1(C2CCN(C(=O)NC[C@@H]3C[C@H]3c3ccccc3)CC2)OCCO1. The highest BCUT2D eigenvalue weighted by Crippen LogP contribution is 2.46. The lowest BCUT2D eigenvalue weighted by molar-refractivity contribution is -0.189. The second-order valence-electron chi connectivity index (χ2n) is 7.67. The summed E-state index contributed by atoms with van der Waals surface area (Å²) in [4.78, 5) is 14.4. The van der Waals surface area contributed by atoms with Crippen molar-refractivity contribution in [3.05, 3.63) is 35.9 Å². The molecular formula is C20H28N2O3. The van der Waals surface area contributed by atoms with Gasteiger partial charge in [-0.2, -0.15) is 0 Å². The molecule has 1 aliphatic carbocycles. The van der Waals surface area contributed by atoms with E-state index in [0.29, 0.717) is 31.0 Å². The van der Waals surface area contributed by atoms with E-state index in [1.54, 1.807) is 0 Å². The Kier molecular flexibility index (Phi) is 4.69. The molecule has 5 heteroatoms. The summed E-state index contributed by atoms with van der Waals surface area (Å²) >= 11 is 0. The summed E-state index contributed by atoms with van der Waals surface area (Å²) in [5.41, 5.74) is 1.40. The van der Waals surface area contributed by atoms with Crippen LogP contribution in [0.2, 0.25) is 0 Å². The van der Waals surface area contributed by atoms with E-state index in [1.807, 2.05) is 17.9 Å². The average Bonchev–Trinajstić information content (AvgIpc) is 3.31. The molecule has 1 N–H and O–H groups in total. The fourth-order valence-corrected chi connectivity index (χ4v) is 4.28. The van der Waals surface area contributed by atoms with E-state index in [0.717, 1.165) is 32.5 Å². The third-order valence-corrected chi connectivity index (χ3v) is 6.05. The van der Waals surface area contributed by atoms with E-state index >= 15 is 0 Å². The number of rotatable bonds is 4. The highest BCUT2D eigenvalue weighted by Gasteiger charge is 2.42. The van der Waals surface area contributed by atoms with Gasteiger partial charge in [0.25, 0.3) is 0 Å². The summed E-state index contributed by atoms with van der Waals surface area (Å²) in [6.07, 6.45) is 3.07. The number of urea groups is 1. The molecule has 136 valence electrons. The van der Waals surface area contributed by atoms with E-state index < -0.39 is 5.79 Å². The van der Waals surface area contributed by atoms with Crippen LogP contribution < -0.4 is 5.32 Å². The van der Waals surface area contributed by atoms with E-state index in [4.69, 9.17) is 9.47 Å². The first-order chi connectivity index (χ1) is 12.2. The van der Waals surface area contributed by atoms with Gasteiger partial charge in [0.2, 0.25) is 0 Å². The molecule has 3 fully saturated rings. The Morgan fingerprint density at radius 1 is 1.20 bits per heavy atom. The lowest BCUT2D eigenvalue weighted by atomic mass is 9.89. The van der Waals surface area contributed by atoms with Crippen LogP contribution in [0, 0.1) is 11.8 Å². The van der Waals surface area contributed by atoms with Crippen molar-refractivity contribution in [3.8, 4) is 0 Å². The first-order valence-corrected chi connectivity index (χ1v) is 9.51. The van der Waals surface area contributed by atoms with Crippen LogP contribution in [0.1, 0.15) is 37.7 Å². The maximum Gasteiger partial charge on any atom is 0.317 e. The van der Waals surface area contributed by atoms with Crippen molar-refractivity contribution in [1.29, 1.82) is 0 Å². The Hall–Kier alpha value is -1.59. The van der Waals surface area contributed by atoms with E-state index in [-0.39, 0.29) is 6.03 Å². The third kappa shape index (κ3) is 3.67. The van der Waals surface area contributed by atoms with Gasteiger partial charge in [0.05, 0.1) is 13.2 Å². The van der Waals surface area contributed by atoms with Crippen molar-refractivity contribution in [2.24, 2.45) is 11.8 Å². The predicted octanol–water partition coefficient (Wildman–Crippen LogP) is 2.97. The zero-order valence-electron chi connectivity index (χ0n) is 14.9. The number of benzene rings is 1. The molecule has 4 rings (SSSR count). The topological polar surface area (TPSA) is 50.8 Å². The zero-order chi connectivity index (χ0) is 17.3. The van der Waals surface area contributed by atoms with E-state index in [1.165, 1.54) is 12.0 Å². The number of carbonyl (C=O) groups excluding carboxylic acids is 1. The quantitative estimate of drug-likeness (QED) is 0.913. The number of amides is 2. The number of nitrogens with zero attached hydrogens (tertiary/aromatic N) is 1. The van der Waals surface area contributed by atoms with Crippen LogP contribution in [0.3, 0.4) is 0 Å². The molecule has 1 aromatic carbocycles. The Bertz CT molecular complexity index is 592. The van der Waals surface area contributed by atoms with Crippen molar-refractivity contribution >= 4 is 6.03 Å². The molecule has 0 unspecified atom stereocenters. The molecule has 2 atom stereocenters. The number of hydrogen-bond donors (Lipinski definition) is 1. The molecule has 0 radical (unpaired) electrons. The van der Waals surface area contributed by atoms with Crippen LogP contribution in [0.5, 0.6) is 0 Å². The van der Waals surface area contributed by atoms with Crippen molar-refractivity contribution < 1.29 is 14.3 Å². The number of likely N-dealkylation sites (tertiary alicyclic amines) is 1. The maximum atomic E-state index is 12.4. The van der Waals surface area contributed by atoms with Crippen LogP contribution in [0.15, 0.2) is 30.3 Å². The Morgan fingerprint density at radius 3 is 2.56 bits per heavy atom. The van der Waals surface area contributed by atoms with Crippen molar-refractivity contribution in [1.82, 2.24) is 10.2 Å². The molecule has 3 aliphatic rings. The van der Waals surface area contributed by atoms with Crippen molar-refractivity contribution in [2.75, 3.05) is 32.8 Å². The Balaban J connectivity index is 1.20. The summed E-state index contributed by atoms with van der Waals surface area (Å²) in [6, 6.07) is 10.7. The molecule has 0 aromatic heterocycles. The van der Waals surface area contributed by atoms with Crippen molar-refractivity contribution in [3.63, 3.8) is 0 Å². The summed E-state index contributed by atoms with van der Waals surface area (Å²) in [5, 5.41) is 3.13. The summed E-state index contributed by atoms with van der Waals surface area (Å²) < 4.78 is 11.6. The third-order valence-electron chi connectivity index (χ3n) is 6.05. The Morgan fingerprint density at radius 2 is 1.88 bits per heavy atom. The number of ether oxygens (including phenoxy) is 2. The van der Waals surface area contributed by atoms with Gasteiger partial charge in [0.15, 0.2) is 5.79 Å². The van der Waals surface area contributed by atoms with Crippen LogP contribution >= 0.6 is 0 Å². The summed E-state index contributed by atoms with van der Waals surface area (Å²) in [7, 11) is 0. The summed E-state index contributed by atoms with van der Waals surface area (Å²) in [6.45, 7) is 5.75. The van der Waals surface area contributed by atoms with Gasteiger partial charge in [0, 0.05) is 25.6 Å². The highest BCUT2D eigenvalue weighted by atomic mass is 16.7. The minimum Gasteiger partial charge on any atom is -0.348 e. The monoisotopic (exact) mass is 344 g/mol. The number of nitrogens with one attached hydrogen (secondary N) is 1. The van der Waals surface area contributed by atoms with Crippen LogP contribution in [0.4, 0.5) is 4.79 Å². The van der Waals surface area contributed by atoms with Gasteiger partial charge in [0.1, 0.15) is 0 Å². The van der Waals surface area contributed by atoms with Crippen LogP contribution in [-0.2, 0) is 9.47 Å². The molecule has 0 spiro atoms. The normalized spacial score (nSPS) is 28.8.